The van der Waals surface area contributed by atoms with E-state index in [0.29, 0.717) is 6.54 Å². The summed E-state index contributed by atoms with van der Waals surface area (Å²) < 4.78 is 58.6. The summed E-state index contributed by atoms with van der Waals surface area (Å²) in [5.41, 5.74) is 0.153. The molecule has 0 atom stereocenters. The van der Waals surface area contributed by atoms with E-state index in [2.05, 4.69) is 4.72 Å². The number of alkyl halides is 2. The molecule has 2 rings (SSSR count). The maximum Gasteiger partial charge on any atom is 0.288 e. The highest BCUT2D eigenvalue weighted by Crippen LogP contribution is 2.20. The van der Waals surface area contributed by atoms with E-state index < -0.39 is 35.0 Å². The topological polar surface area (TPSA) is 75.7 Å². The number of sulfonamides is 1. The highest BCUT2D eigenvalue weighted by Gasteiger charge is 2.36. The van der Waals surface area contributed by atoms with Gasteiger partial charge in [0, 0.05) is 18.7 Å². The molecule has 9 heteroatoms. The number of hydrogen-bond acceptors (Lipinski definition) is 4. The predicted octanol–water partition coefficient (Wildman–Crippen LogP) is 1.73. The minimum atomic E-state index is -3.66. The van der Waals surface area contributed by atoms with Gasteiger partial charge in [-0.15, -0.1) is 0 Å². The number of nitrogens with zero attached hydrogens (tertiary/aromatic N) is 1. The fourth-order valence-electron chi connectivity index (χ4n) is 2.29. The third kappa shape index (κ3) is 5.45. The van der Waals surface area contributed by atoms with Gasteiger partial charge in [0.1, 0.15) is 6.61 Å². The van der Waals surface area contributed by atoms with Crippen LogP contribution in [0.4, 0.5) is 8.78 Å². The molecular formula is C16H22F2N2O4S. The van der Waals surface area contributed by atoms with Crippen molar-refractivity contribution in [1.82, 2.24) is 9.62 Å². The lowest BCUT2D eigenvalue weighted by atomic mass is 10.2. The SMILES string of the molecule is CC(C)CNS(=O)(=O)c1ccc(C(=O)N2CCOCC(F)(F)C2)cc1. The molecule has 0 saturated carbocycles. The van der Waals surface area contributed by atoms with Gasteiger partial charge in [0.05, 0.1) is 18.0 Å². The van der Waals surface area contributed by atoms with Crippen LogP contribution in [0.2, 0.25) is 0 Å². The van der Waals surface area contributed by atoms with Crippen molar-refractivity contribution in [2.45, 2.75) is 24.7 Å². The second kappa shape index (κ2) is 7.76. The Morgan fingerprint density at radius 3 is 2.56 bits per heavy atom. The Hall–Kier alpha value is -1.58. The lowest BCUT2D eigenvalue weighted by Crippen LogP contribution is -2.41. The van der Waals surface area contributed by atoms with Gasteiger partial charge in [0.2, 0.25) is 10.0 Å². The summed E-state index contributed by atoms with van der Waals surface area (Å²) in [6, 6.07) is 5.25. The van der Waals surface area contributed by atoms with Gasteiger partial charge >= 0.3 is 0 Å². The number of rotatable bonds is 5. The fourth-order valence-corrected chi connectivity index (χ4v) is 3.51. The van der Waals surface area contributed by atoms with Crippen molar-refractivity contribution in [3.63, 3.8) is 0 Å². The molecule has 1 aliphatic heterocycles. The summed E-state index contributed by atoms with van der Waals surface area (Å²) in [5, 5.41) is 0. The quantitative estimate of drug-likeness (QED) is 0.849. The van der Waals surface area contributed by atoms with Gasteiger partial charge in [-0.3, -0.25) is 4.79 Å². The number of benzene rings is 1. The first-order valence-corrected chi connectivity index (χ1v) is 9.44. The molecule has 1 saturated heterocycles. The van der Waals surface area contributed by atoms with Crippen LogP contribution in [0.25, 0.3) is 0 Å². The van der Waals surface area contributed by atoms with Crippen LogP contribution in [0.3, 0.4) is 0 Å². The van der Waals surface area contributed by atoms with Crippen LogP contribution in [-0.4, -0.2) is 58.0 Å². The summed E-state index contributed by atoms with van der Waals surface area (Å²) in [7, 11) is -3.66. The zero-order chi connectivity index (χ0) is 18.7. The first kappa shape index (κ1) is 19.7. The van der Waals surface area contributed by atoms with Gasteiger partial charge < -0.3 is 9.64 Å². The van der Waals surface area contributed by atoms with E-state index in [9.17, 15) is 22.0 Å². The highest BCUT2D eigenvalue weighted by molar-refractivity contribution is 7.89. The zero-order valence-electron chi connectivity index (χ0n) is 14.2. The molecule has 1 aromatic rings. The van der Waals surface area contributed by atoms with Crippen LogP contribution < -0.4 is 4.72 Å². The summed E-state index contributed by atoms with van der Waals surface area (Å²) in [6.07, 6.45) is 0. The number of nitrogens with one attached hydrogen (secondary N) is 1. The maximum atomic E-state index is 13.6. The highest BCUT2D eigenvalue weighted by atomic mass is 32.2. The van der Waals surface area contributed by atoms with Gasteiger partial charge in [-0.2, -0.15) is 0 Å². The average molecular weight is 376 g/mol. The van der Waals surface area contributed by atoms with Crippen LogP contribution in [0, 0.1) is 5.92 Å². The molecule has 1 amide bonds. The zero-order valence-corrected chi connectivity index (χ0v) is 15.0. The van der Waals surface area contributed by atoms with Gasteiger partial charge in [-0.1, -0.05) is 13.8 Å². The molecule has 6 nitrogen and oxygen atoms in total. The number of amides is 1. The van der Waals surface area contributed by atoms with E-state index in [-0.39, 0.29) is 29.5 Å². The van der Waals surface area contributed by atoms with Crippen molar-refractivity contribution in [3.8, 4) is 0 Å². The molecule has 140 valence electrons. The van der Waals surface area contributed by atoms with Crippen LogP contribution in [0.1, 0.15) is 24.2 Å². The fraction of sp³-hybridized carbons (Fsp3) is 0.562. The summed E-state index contributed by atoms with van der Waals surface area (Å²) in [6.45, 7) is 2.72. The molecule has 0 spiro atoms. The third-order valence-electron chi connectivity index (χ3n) is 3.62. The minimum Gasteiger partial charge on any atom is -0.373 e. The molecule has 0 unspecified atom stereocenters. The smallest absolute Gasteiger partial charge is 0.288 e. The second-order valence-corrected chi connectivity index (χ2v) is 8.17. The molecule has 1 heterocycles. The molecule has 0 aromatic heterocycles. The predicted molar refractivity (Wildman–Crippen MR) is 88.1 cm³/mol. The molecule has 1 N–H and O–H groups in total. The Balaban J connectivity index is 2.12. The molecule has 1 aliphatic rings. The van der Waals surface area contributed by atoms with Crippen molar-refractivity contribution < 1.29 is 26.7 Å². The van der Waals surface area contributed by atoms with Gasteiger partial charge in [-0.25, -0.2) is 21.9 Å². The van der Waals surface area contributed by atoms with Crippen LogP contribution in [0.15, 0.2) is 29.2 Å². The first-order chi connectivity index (χ1) is 11.6. The van der Waals surface area contributed by atoms with Crippen molar-refractivity contribution in [3.05, 3.63) is 29.8 Å². The second-order valence-electron chi connectivity index (χ2n) is 6.41. The van der Waals surface area contributed by atoms with E-state index >= 15 is 0 Å². The molecule has 0 radical (unpaired) electrons. The van der Waals surface area contributed by atoms with Gasteiger partial charge in [0.15, 0.2) is 0 Å². The lowest BCUT2D eigenvalue weighted by Gasteiger charge is -2.23. The van der Waals surface area contributed by atoms with Crippen LogP contribution >= 0.6 is 0 Å². The third-order valence-corrected chi connectivity index (χ3v) is 5.06. The number of halogens is 2. The Morgan fingerprint density at radius 1 is 1.32 bits per heavy atom. The Labute approximate surface area is 146 Å². The van der Waals surface area contributed by atoms with Crippen LogP contribution in [0.5, 0.6) is 0 Å². The molecule has 1 fully saturated rings. The summed E-state index contributed by atoms with van der Waals surface area (Å²) >= 11 is 0. The number of carbonyl (C=O) groups is 1. The first-order valence-electron chi connectivity index (χ1n) is 7.95. The van der Waals surface area contributed by atoms with Crippen molar-refractivity contribution >= 4 is 15.9 Å². The molecule has 0 bridgehead atoms. The van der Waals surface area contributed by atoms with Gasteiger partial charge in [-0.05, 0) is 30.2 Å². The van der Waals surface area contributed by atoms with E-state index in [0.717, 1.165) is 4.90 Å². The summed E-state index contributed by atoms with van der Waals surface area (Å²) in [5.74, 6) is -3.53. The normalized spacial score (nSPS) is 18.2. The van der Waals surface area contributed by atoms with E-state index in [1.54, 1.807) is 0 Å². The lowest BCUT2D eigenvalue weighted by molar-refractivity contribution is -0.0660. The minimum absolute atomic E-state index is 0.0224. The number of carbonyl (C=O) groups excluding carboxylic acids is 1. The largest absolute Gasteiger partial charge is 0.373 e. The average Bonchev–Trinajstić information content (AvgIpc) is 2.73. The van der Waals surface area contributed by atoms with E-state index in [4.69, 9.17) is 4.74 Å². The maximum absolute atomic E-state index is 13.6. The number of ether oxygens (including phenoxy) is 1. The Kier molecular flexibility index (Phi) is 6.12. The molecule has 25 heavy (non-hydrogen) atoms. The molecule has 1 aromatic carbocycles. The molecular weight excluding hydrogens is 354 g/mol. The Morgan fingerprint density at radius 2 is 1.96 bits per heavy atom. The van der Waals surface area contributed by atoms with Crippen molar-refractivity contribution in [2.24, 2.45) is 5.92 Å². The summed E-state index contributed by atoms with van der Waals surface area (Å²) in [4.78, 5) is 13.4. The molecule has 0 aliphatic carbocycles. The van der Waals surface area contributed by atoms with E-state index in [1.165, 1.54) is 24.3 Å². The Bertz CT molecular complexity index is 705. The van der Waals surface area contributed by atoms with Crippen LogP contribution in [-0.2, 0) is 14.8 Å². The van der Waals surface area contributed by atoms with Crippen molar-refractivity contribution in [2.75, 3.05) is 32.8 Å². The van der Waals surface area contributed by atoms with Gasteiger partial charge in [0.25, 0.3) is 11.8 Å². The number of hydrogen-bond donors (Lipinski definition) is 1. The standard InChI is InChI=1S/C16H22F2N2O4S/c1-12(2)9-19-25(22,23)14-5-3-13(4-6-14)15(21)20-7-8-24-11-16(17,18)10-20/h3-6,12,19H,7-11H2,1-2H3. The van der Waals surface area contributed by atoms with Crippen molar-refractivity contribution in [1.29, 1.82) is 0 Å². The van der Waals surface area contributed by atoms with E-state index in [1.807, 2.05) is 13.8 Å². The monoisotopic (exact) mass is 376 g/mol.